The first-order chi connectivity index (χ1) is 20.4. The topological polar surface area (TPSA) is 88.8 Å². The second-order valence-corrected chi connectivity index (χ2v) is 12.5. The standard InChI is InChI=1S/C31H37Cl2N7O2/c1-3-27(41)40-15-14-38(17-22(40)10-12-34)30-23-18-39(26-9-7-20-6-8-24(32)29(33)28(20)26)19-25(23)35-31(36-30)42-16-11-21-5-4-13-37(21)2/h3,6,8,21-22,26H,1,4-5,7,9-11,13-19H2,2H3/t21-,22-,26?/m0/s1. The van der Waals surface area contributed by atoms with E-state index in [1.54, 1.807) is 4.90 Å². The van der Waals surface area contributed by atoms with Crippen molar-refractivity contribution < 1.29 is 9.53 Å². The molecule has 3 aliphatic heterocycles. The van der Waals surface area contributed by atoms with Gasteiger partial charge in [0.15, 0.2) is 0 Å². The zero-order valence-electron chi connectivity index (χ0n) is 24.1. The molecular weight excluding hydrogens is 573 g/mol. The molecule has 0 spiro atoms. The molecule has 42 heavy (non-hydrogen) atoms. The van der Waals surface area contributed by atoms with E-state index in [0.717, 1.165) is 48.4 Å². The van der Waals surface area contributed by atoms with Crippen molar-refractivity contribution in [3.8, 4) is 12.1 Å². The average molecular weight is 611 g/mol. The molecule has 0 N–H and O–H groups in total. The lowest BCUT2D eigenvalue weighted by molar-refractivity contribution is -0.128. The molecule has 1 aromatic heterocycles. The lowest BCUT2D eigenvalue weighted by Gasteiger charge is -2.41. The van der Waals surface area contributed by atoms with Gasteiger partial charge in [-0.25, -0.2) is 0 Å². The van der Waals surface area contributed by atoms with E-state index in [1.807, 2.05) is 6.07 Å². The van der Waals surface area contributed by atoms with Crippen LogP contribution in [0, 0.1) is 11.3 Å². The largest absolute Gasteiger partial charge is 0.463 e. The molecule has 1 amide bonds. The van der Waals surface area contributed by atoms with Crippen LogP contribution in [0.4, 0.5) is 5.82 Å². The Morgan fingerprint density at radius 1 is 1.19 bits per heavy atom. The maximum Gasteiger partial charge on any atom is 0.318 e. The van der Waals surface area contributed by atoms with E-state index in [2.05, 4.69) is 40.5 Å². The summed E-state index contributed by atoms with van der Waals surface area (Å²) in [6.45, 7) is 8.28. The minimum Gasteiger partial charge on any atom is -0.463 e. The fraction of sp³-hybridized carbons (Fsp3) is 0.548. The zero-order chi connectivity index (χ0) is 29.4. The molecule has 1 aromatic carbocycles. The summed E-state index contributed by atoms with van der Waals surface area (Å²) in [5, 5.41) is 10.7. The maximum absolute atomic E-state index is 12.5. The number of ether oxygens (including phenoxy) is 1. The Morgan fingerprint density at radius 2 is 2.05 bits per heavy atom. The molecule has 4 aliphatic rings. The number of nitriles is 1. The smallest absolute Gasteiger partial charge is 0.318 e. The van der Waals surface area contributed by atoms with Gasteiger partial charge in [-0.05, 0) is 69.0 Å². The maximum atomic E-state index is 12.5. The van der Waals surface area contributed by atoms with Crippen LogP contribution < -0.4 is 9.64 Å². The Bertz CT molecular complexity index is 1410. The van der Waals surface area contributed by atoms with Gasteiger partial charge in [0.25, 0.3) is 0 Å². The Hall–Kier alpha value is -2.90. The van der Waals surface area contributed by atoms with E-state index in [4.69, 9.17) is 37.9 Å². The molecule has 3 atom stereocenters. The summed E-state index contributed by atoms with van der Waals surface area (Å²) in [5.41, 5.74) is 4.40. The third-order valence-corrected chi connectivity index (χ3v) is 10.2. The van der Waals surface area contributed by atoms with Crippen LogP contribution >= 0.6 is 23.2 Å². The van der Waals surface area contributed by atoms with E-state index in [-0.39, 0.29) is 24.4 Å². The average Bonchev–Trinajstić information content (AvgIpc) is 3.73. The van der Waals surface area contributed by atoms with Crippen molar-refractivity contribution in [1.29, 1.82) is 5.26 Å². The van der Waals surface area contributed by atoms with E-state index >= 15 is 0 Å². The first kappa shape index (κ1) is 29.2. The van der Waals surface area contributed by atoms with Crippen molar-refractivity contribution in [3.63, 3.8) is 0 Å². The molecule has 9 nitrogen and oxygen atoms in total. The molecule has 1 unspecified atom stereocenters. The lowest BCUT2D eigenvalue weighted by atomic mass is 10.1. The number of carbonyl (C=O) groups is 1. The van der Waals surface area contributed by atoms with Crippen LogP contribution in [0.15, 0.2) is 24.8 Å². The second-order valence-electron chi connectivity index (χ2n) is 11.8. The highest BCUT2D eigenvalue weighted by Gasteiger charge is 2.38. The monoisotopic (exact) mass is 609 g/mol. The summed E-state index contributed by atoms with van der Waals surface area (Å²) in [6, 6.07) is 7.04. The molecule has 1 aliphatic carbocycles. The third-order valence-electron chi connectivity index (χ3n) is 9.37. The number of rotatable bonds is 8. The van der Waals surface area contributed by atoms with Crippen LogP contribution in [0.25, 0.3) is 0 Å². The van der Waals surface area contributed by atoms with Crippen LogP contribution in [0.2, 0.25) is 10.0 Å². The molecule has 6 rings (SSSR count). The predicted octanol–water partition coefficient (Wildman–Crippen LogP) is 4.77. The van der Waals surface area contributed by atoms with E-state index < -0.39 is 0 Å². The normalized spacial score (nSPS) is 24.0. The number of nitrogens with zero attached hydrogens (tertiary/aromatic N) is 7. The van der Waals surface area contributed by atoms with Crippen LogP contribution in [0.3, 0.4) is 0 Å². The molecule has 0 bridgehead atoms. The second kappa shape index (κ2) is 12.4. The van der Waals surface area contributed by atoms with Crippen molar-refractivity contribution in [2.24, 2.45) is 0 Å². The van der Waals surface area contributed by atoms with Gasteiger partial charge in [-0.3, -0.25) is 9.69 Å². The number of aryl methyl sites for hydroxylation is 1. The van der Waals surface area contributed by atoms with Crippen LogP contribution in [-0.4, -0.2) is 82.5 Å². The zero-order valence-corrected chi connectivity index (χ0v) is 25.6. The number of halogens is 2. The highest BCUT2D eigenvalue weighted by atomic mass is 35.5. The van der Waals surface area contributed by atoms with Crippen LogP contribution in [0.1, 0.15) is 60.5 Å². The Kier molecular flexibility index (Phi) is 8.60. The summed E-state index contributed by atoms with van der Waals surface area (Å²) in [6.07, 6.45) is 6.84. The van der Waals surface area contributed by atoms with Gasteiger partial charge in [-0.2, -0.15) is 15.2 Å². The number of amides is 1. The summed E-state index contributed by atoms with van der Waals surface area (Å²) in [4.78, 5) is 31.2. The third kappa shape index (κ3) is 5.58. The number of hydrogen-bond acceptors (Lipinski definition) is 8. The molecule has 222 valence electrons. The van der Waals surface area contributed by atoms with Crippen molar-refractivity contribution in [1.82, 2.24) is 24.7 Å². The number of benzene rings is 1. The lowest BCUT2D eigenvalue weighted by Crippen LogP contribution is -2.55. The van der Waals surface area contributed by atoms with Crippen molar-refractivity contribution in [2.75, 3.05) is 44.7 Å². The van der Waals surface area contributed by atoms with Gasteiger partial charge in [0.2, 0.25) is 5.91 Å². The number of anilines is 1. The van der Waals surface area contributed by atoms with Gasteiger partial charge < -0.3 is 19.4 Å². The fourth-order valence-corrected chi connectivity index (χ4v) is 7.61. The number of carbonyl (C=O) groups excluding carboxylic acids is 1. The molecule has 0 radical (unpaired) electrons. The minimum absolute atomic E-state index is 0.143. The highest BCUT2D eigenvalue weighted by molar-refractivity contribution is 6.42. The fourth-order valence-electron chi connectivity index (χ4n) is 7.14. The molecular formula is C31H37Cl2N7O2. The predicted molar refractivity (Wildman–Crippen MR) is 163 cm³/mol. The summed E-state index contributed by atoms with van der Waals surface area (Å²) >= 11 is 13.2. The number of piperazine rings is 1. The number of aromatic nitrogens is 2. The highest BCUT2D eigenvalue weighted by Crippen LogP contribution is 2.46. The van der Waals surface area contributed by atoms with E-state index in [0.29, 0.717) is 61.4 Å². The quantitative estimate of drug-likeness (QED) is 0.396. The number of hydrogen-bond donors (Lipinski definition) is 0. The summed E-state index contributed by atoms with van der Waals surface area (Å²) in [7, 11) is 2.17. The molecule has 2 aromatic rings. The van der Waals surface area contributed by atoms with Gasteiger partial charge in [0.1, 0.15) is 5.82 Å². The van der Waals surface area contributed by atoms with Crippen LogP contribution in [0.5, 0.6) is 6.01 Å². The summed E-state index contributed by atoms with van der Waals surface area (Å²) < 4.78 is 6.21. The molecule has 4 heterocycles. The first-order valence-electron chi connectivity index (χ1n) is 14.9. The van der Waals surface area contributed by atoms with Gasteiger partial charge in [-0.1, -0.05) is 35.8 Å². The SMILES string of the molecule is C=CC(=O)N1CCN(c2nc(OCC[C@@H]3CCCN3C)nc3c2CN(C2CCc4ccc(Cl)c(Cl)c42)C3)C[C@@H]1CC#N. The van der Waals surface area contributed by atoms with Gasteiger partial charge >= 0.3 is 6.01 Å². The molecule has 2 saturated heterocycles. The van der Waals surface area contributed by atoms with E-state index in [9.17, 15) is 10.1 Å². The Labute approximate surface area is 257 Å². The van der Waals surface area contributed by atoms with E-state index in [1.165, 1.54) is 24.5 Å². The van der Waals surface area contributed by atoms with Gasteiger partial charge in [0, 0.05) is 50.4 Å². The van der Waals surface area contributed by atoms with Crippen molar-refractivity contribution in [3.05, 3.63) is 57.2 Å². The Balaban J connectivity index is 1.28. The molecule has 11 heteroatoms. The summed E-state index contributed by atoms with van der Waals surface area (Å²) in [5.74, 6) is 0.685. The van der Waals surface area contributed by atoms with Gasteiger partial charge in [0.05, 0.1) is 40.9 Å². The first-order valence-corrected chi connectivity index (χ1v) is 15.6. The Morgan fingerprint density at radius 3 is 2.81 bits per heavy atom. The van der Waals surface area contributed by atoms with Gasteiger partial charge in [-0.15, -0.1) is 0 Å². The molecule has 2 fully saturated rings. The van der Waals surface area contributed by atoms with Crippen LogP contribution in [-0.2, 0) is 24.3 Å². The molecule has 0 saturated carbocycles. The van der Waals surface area contributed by atoms with Crippen molar-refractivity contribution >= 4 is 34.9 Å². The van der Waals surface area contributed by atoms with Crippen molar-refractivity contribution in [2.45, 2.75) is 69.7 Å². The minimum atomic E-state index is -0.248. The number of fused-ring (bicyclic) bond motifs is 2. The number of likely N-dealkylation sites (tertiary alicyclic amines) is 1.